The summed E-state index contributed by atoms with van der Waals surface area (Å²) in [5, 5.41) is 8.38. The molecule has 6 heterocycles. The lowest BCUT2D eigenvalue weighted by Gasteiger charge is -2.32. The van der Waals surface area contributed by atoms with Crippen molar-refractivity contribution in [3.8, 4) is 0 Å². The number of likely N-dealkylation sites (tertiary alicyclic amines) is 2. The third kappa shape index (κ3) is 13.4. The van der Waals surface area contributed by atoms with Gasteiger partial charge in [-0.1, -0.05) is 71.2 Å². The molecule has 2 saturated heterocycles. The zero-order valence-corrected chi connectivity index (χ0v) is 40.3. The van der Waals surface area contributed by atoms with E-state index in [0.717, 1.165) is 63.8 Å². The third-order valence-electron chi connectivity index (χ3n) is 13.6. The molecule has 67 heavy (non-hydrogen) atoms. The Kier molecular flexibility index (Phi) is 16.6. The molecule has 2 saturated carbocycles. The van der Waals surface area contributed by atoms with E-state index in [0.29, 0.717) is 70.2 Å². The van der Waals surface area contributed by atoms with Crippen molar-refractivity contribution in [2.45, 2.75) is 89.1 Å². The molecule has 0 bridgehead atoms. The zero-order valence-electron chi connectivity index (χ0n) is 38.0. The molecule has 4 aliphatic rings. The number of carbonyl (C=O) groups is 2. The predicted molar refractivity (Wildman–Crippen MR) is 273 cm³/mol. The number of Topliss-reactive ketones (excluding diaryl/α,β-unsaturated/α-hetero) is 2. The molecule has 7 N–H and O–H groups in total. The molecule has 352 valence electrons. The van der Waals surface area contributed by atoms with E-state index in [9.17, 15) is 9.59 Å². The van der Waals surface area contributed by atoms with Gasteiger partial charge in [0.1, 0.15) is 22.6 Å². The van der Waals surface area contributed by atoms with Crippen LogP contribution in [0.3, 0.4) is 0 Å². The number of benzene rings is 2. The number of piperidine rings is 2. The highest BCUT2D eigenvalue weighted by molar-refractivity contribution is 6.34. The number of rotatable bonds is 14. The molecule has 2 aliphatic heterocycles. The summed E-state index contributed by atoms with van der Waals surface area (Å²) in [4.78, 5) is 47.2. The summed E-state index contributed by atoms with van der Waals surface area (Å²) in [7, 11) is 0. The fourth-order valence-corrected chi connectivity index (χ4v) is 9.73. The number of hydrogen-bond donors (Lipinski definition) is 4. The van der Waals surface area contributed by atoms with Gasteiger partial charge in [0.25, 0.3) is 0 Å². The number of anilines is 3. The van der Waals surface area contributed by atoms with Gasteiger partial charge in [-0.15, -0.1) is 0 Å². The molecule has 4 aromatic heterocycles. The second-order valence-corrected chi connectivity index (χ2v) is 19.7. The average molecular weight is 964 g/mol. The lowest BCUT2D eigenvalue weighted by molar-refractivity contribution is 0.0975. The van der Waals surface area contributed by atoms with E-state index in [1.165, 1.54) is 83.7 Å². The van der Waals surface area contributed by atoms with E-state index >= 15 is 0 Å². The number of aromatic nitrogens is 4. The third-order valence-corrected chi connectivity index (χ3v) is 14.3. The smallest absolute Gasteiger partial charge is 0.166 e. The number of halogens is 3. The van der Waals surface area contributed by atoms with E-state index in [-0.39, 0.29) is 16.7 Å². The molecule has 4 fully saturated rings. The quantitative estimate of drug-likeness (QED) is 0.0600. The minimum absolute atomic E-state index is 0.0467. The molecule has 6 aromatic rings. The van der Waals surface area contributed by atoms with Gasteiger partial charge in [-0.2, -0.15) is 0 Å². The Morgan fingerprint density at radius 3 is 1.58 bits per heavy atom. The molecular weight excluding hydrogens is 903 g/mol. The van der Waals surface area contributed by atoms with Crippen LogP contribution in [0.25, 0.3) is 21.5 Å². The Morgan fingerprint density at radius 2 is 1.07 bits per heavy atom. The monoisotopic (exact) mass is 962 g/mol. The minimum Gasteiger partial charge on any atom is -0.383 e. The highest BCUT2D eigenvalue weighted by atomic mass is 35.5. The summed E-state index contributed by atoms with van der Waals surface area (Å²) in [5.41, 5.74) is 20.5. The molecule has 0 amide bonds. The minimum atomic E-state index is -0.0839. The van der Waals surface area contributed by atoms with Gasteiger partial charge < -0.3 is 32.3 Å². The molecule has 0 radical (unpaired) electrons. The summed E-state index contributed by atoms with van der Waals surface area (Å²) in [6, 6.07) is 20.9. The number of carbonyl (C=O) groups excluding carboxylic acids is 2. The van der Waals surface area contributed by atoms with Gasteiger partial charge in [0.05, 0.1) is 21.2 Å². The molecule has 0 atom stereocenters. The summed E-state index contributed by atoms with van der Waals surface area (Å²) in [6.45, 7) is 6.74. The molecule has 0 unspecified atom stereocenters. The van der Waals surface area contributed by atoms with Crippen molar-refractivity contribution in [2.75, 3.05) is 56.1 Å². The number of nitrogens with two attached hydrogens (primary N) is 3. The number of hydrogen-bond acceptors (Lipinski definition) is 12. The van der Waals surface area contributed by atoms with Crippen LogP contribution in [0.5, 0.6) is 0 Å². The highest BCUT2D eigenvalue weighted by Gasteiger charge is 2.32. The number of pyridine rings is 4. The van der Waals surface area contributed by atoms with Crippen LogP contribution in [-0.2, 0) is 12.8 Å². The van der Waals surface area contributed by atoms with E-state index in [2.05, 4.69) is 41.1 Å². The lowest BCUT2D eigenvalue weighted by atomic mass is 9.96. The van der Waals surface area contributed by atoms with Gasteiger partial charge in [-0.3, -0.25) is 9.59 Å². The average Bonchev–Trinajstić information content (AvgIpc) is 4.29. The predicted octanol–water partition coefficient (Wildman–Crippen LogP) is 10.1. The molecule has 2 aliphatic carbocycles. The Labute approximate surface area is 408 Å². The highest BCUT2D eigenvalue weighted by Crippen LogP contribution is 2.32. The molecule has 15 heteroatoms. The van der Waals surface area contributed by atoms with Crippen LogP contribution < -0.4 is 22.5 Å². The van der Waals surface area contributed by atoms with E-state index in [4.69, 9.17) is 52.0 Å². The SMILES string of the molecule is NCC1CCN(C2CC2)CC1.Nc1nccc2cc(CCC(=O)c3cc(Cl)cnc3Cl)ccc12.Nc1nccc2cc(CCC(=O)c3cc(Cl)cnc3NCC3CCN(C4CC4)CC3)ccc12. The fourth-order valence-electron chi connectivity index (χ4n) is 9.20. The van der Waals surface area contributed by atoms with Crippen LogP contribution in [0.1, 0.15) is 96.1 Å². The molecule has 10 rings (SSSR count). The number of nitrogens with zero attached hydrogens (tertiary/aromatic N) is 6. The van der Waals surface area contributed by atoms with E-state index in [1.54, 1.807) is 30.7 Å². The molecule has 2 aromatic carbocycles. The van der Waals surface area contributed by atoms with Crippen molar-refractivity contribution in [1.82, 2.24) is 29.7 Å². The second-order valence-electron chi connectivity index (χ2n) is 18.4. The largest absolute Gasteiger partial charge is 0.383 e. The first-order valence-electron chi connectivity index (χ1n) is 23.7. The van der Waals surface area contributed by atoms with E-state index < -0.39 is 0 Å². The van der Waals surface area contributed by atoms with Gasteiger partial charge in [0, 0.05) is 67.0 Å². The molecular formula is C52H61Cl3N10O2. The van der Waals surface area contributed by atoms with Gasteiger partial charge in [0.15, 0.2) is 11.6 Å². The first kappa shape index (κ1) is 48.5. The second kappa shape index (κ2) is 22.9. The first-order chi connectivity index (χ1) is 32.5. The Balaban J connectivity index is 0.000000154. The van der Waals surface area contributed by atoms with Crippen molar-refractivity contribution in [1.29, 1.82) is 0 Å². The summed E-state index contributed by atoms with van der Waals surface area (Å²) in [5.74, 6) is 3.07. The van der Waals surface area contributed by atoms with Gasteiger partial charge in [0.2, 0.25) is 0 Å². The van der Waals surface area contributed by atoms with Crippen LogP contribution in [0.15, 0.2) is 85.5 Å². The number of aryl methyl sites for hydroxylation is 2. The maximum Gasteiger partial charge on any atom is 0.166 e. The maximum atomic E-state index is 13.1. The number of nitrogens with one attached hydrogen (secondary N) is 1. The Bertz CT molecular complexity index is 2660. The normalized spacial score (nSPS) is 17.1. The van der Waals surface area contributed by atoms with Crippen molar-refractivity contribution in [3.05, 3.63) is 123 Å². The Hall–Kier alpha value is -4.95. The maximum absolute atomic E-state index is 13.1. The van der Waals surface area contributed by atoms with Gasteiger partial charge >= 0.3 is 0 Å². The van der Waals surface area contributed by atoms with Crippen molar-refractivity contribution in [2.24, 2.45) is 17.6 Å². The van der Waals surface area contributed by atoms with Crippen molar-refractivity contribution in [3.63, 3.8) is 0 Å². The van der Waals surface area contributed by atoms with Crippen LogP contribution in [-0.4, -0.2) is 92.7 Å². The van der Waals surface area contributed by atoms with Crippen LogP contribution in [0.2, 0.25) is 15.2 Å². The number of fused-ring (bicyclic) bond motifs is 2. The number of nitrogen functional groups attached to an aromatic ring is 2. The topological polar surface area (TPSA) is 182 Å². The van der Waals surface area contributed by atoms with Crippen LogP contribution in [0.4, 0.5) is 17.5 Å². The number of ketones is 2. The van der Waals surface area contributed by atoms with Crippen LogP contribution in [0, 0.1) is 11.8 Å². The van der Waals surface area contributed by atoms with Crippen LogP contribution >= 0.6 is 34.8 Å². The fraction of sp³-hybridized carbons (Fsp3) is 0.423. The summed E-state index contributed by atoms with van der Waals surface area (Å²) in [6.07, 6.45) is 19.1. The van der Waals surface area contributed by atoms with Gasteiger partial charge in [-0.05, 0) is 155 Å². The first-order valence-corrected chi connectivity index (χ1v) is 24.9. The summed E-state index contributed by atoms with van der Waals surface area (Å²) >= 11 is 18.0. The standard InChI is InChI=1S/C26H30ClN5O.C17H13Cl2N3O.C9H18N2/c27-20-14-23(24(33)6-2-17-1-5-22-19(13-17)7-10-29-25(22)28)26(31-16-20)30-15-18-8-11-32(12-9-18)21-3-4-21;18-12-8-14(16(19)22-9-12)15(23)4-2-10-1-3-13-11(7-10)5-6-21-17(13)20;10-7-8-3-5-11(6-4-8)9-1-2-9/h1,5,7,10,13-14,16,18,21H,2-4,6,8-9,11-12,15H2,(H2,28,29)(H,30,31);1,3,5-9H,2,4H2,(H2,20,21);8-9H,1-7,10H2. The zero-order chi connectivity index (χ0) is 46.9. The Morgan fingerprint density at radius 1 is 0.597 bits per heavy atom. The van der Waals surface area contributed by atoms with E-state index in [1.807, 2.05) is 42.5 Å². The van der Waals surface area contributed by atoms with Crippen molar-refractivity contribution >= 4 is 85.4 Å². The summed E-state index contributed by atoms with van der Waals surface area (Å²) < 4.78 is 0. The molecule has 12 nitrogen and oxygen atoms in total. The molecule has 0 spiro atoms. The lowest BCUT2D eigenvalue weighted by Crippen LogP contribution is -2.37. The van der Waals surface area contributed by atoms with Gasteiger partial charge in [-0.25, -0.2) is 19.9 Å². The van der Waals surface area contributed by atoms with Crippen molar-refractivity contribution < 1.29 is 9.59 Å².